The van der Waals surface area contributed by atoms with Crippen molar-refractivity contribution in [2.75, 3.05) is 13.2 Å². The Labute approximate surface area is 222 Å². The molecule has 0 bridgehead atoms. The molecule has 0 fully saturated rings. The van der Waals surface area contributed by atoms with Gasteiger partial charge < -0.3 is 14.2 Å². The highest BCUT2D eigenvalue weighted by Gasteiger charge is 2.34. The van der Waals surface area contributed by atoms with Gasteiger partial charge in [-0.3, -0.25) is 14.2 Å². The maximum atomic E-state index is 13.7. The predicted octanol–water partition coefficient (Wildman–Crippen LogP) is 3.78. The lowest BCUT2D eigenvalue weighted by Crippen LogP contribution is -2.40. The van der Waals surface area contributed by atoms with Gasteiger partial charge in [-0.25, -0.2) is 9.79 Å². The maximum Gasteiger partial charge on any atom is 0.338 e. The summed E-state index contributed by atoms with van der Waals surface area (Å²) < 4.78 is 18.0. The van der Waals surface area contributed by atoms with E-state index in [4.69, 9.17) is 25.8 Å². The van der Waals surface area contributed by atoms with Crippen LogP contribution in [0.1, 0.15) is 44.9 Å². The summed E-state index contributed by atoms with van der Waals surface area (Å²) in [5.74, 6) is -0.366. The minimum atomic E-state index is -0.803. The Morgan fingerprint density at radius 2 is 1.89 bits per heavy atom. The summed E-state index contributed by atoms with van der Waals surface area (Å²) in [5, 5.41) is 0.413. The lowest BCUT2D eigenvalue weighted by Gasteiger charge is -2.25. The van der Waals surface area contributed by atoms with Crippen molar-refractivity contribution in [2.24, 2.45) is 4.99 Å². The molecule has 1 atom stereocenters. The number of nitrogens with zero attached hydrogens (tertiary/aromatic N) is 2. The Morgan fingerprint density at radius 3 is 2.57 bits per heavy atom. The summed E-state index contributed by atoms with van der Waals surface area (Å²) in [6, 6.07) is 11.3. The Morgan fingerprint density at radius 1 is 1.14 bits per heavy atom. The second-order valence-corrected chi connectivity index (χ2v) is 9.47. The van der Waals surface area contributed by atoms with Gasteiger partial charge >= 0.3 is 11.9 Å². The van der Waals surface area contributed by atoms with Crippen LogP contribution in [0.2, 0.25) is 5.02 Å². The second-order valence-electron chi connectivity index (χ2n) is 8.06. The van der Waals surface area contributed by atoms with Crippen molar-refractivity contribution in [3.8, 4) is 11.5 Å². The molecule has 2 aromatic carbocycles. The Hall–Kier alpha value is -3.69. The van der Waals surface area contributed by atoms with Gasteiger partial charge in [-0.2, -0.15) is 0 Å². The minimum absolute atomic E-state index is 0.178. The van der Waals surface area contributed by atoms with Crippen LogP contribution in [0.25, 0.3) is 6.08 Å². The molecule has 37 heavy (non-hydrogen) atoms. The van der Waals surface area contributed by atoms with Crippen LogP contribution in [0.3, 0.4) is 0 Å². The average molecular weight is 541 g/mol. The van der Waals surface area contributed by atoms with E-state index in [9.17, 15) is 14.4 Å². The summed E-state index contributed by atoms with van der Waals surface area (Å²) in [5.41, 5.74) is 1.58. The summed E-state index contributed by atoms with van der Waals surface area (Å²) in [4.78, 5) is 43.3. The number of ether oxygens (including phenoxy) is 3. The molecule has 1 aliphatic rings. The quantitative estimate of drug-likeness (QED) is 0.334. The monoisotopic (exact) mass is 540 g/mol. The predicted molar refractivity (Wildman–Crippen MR) is 141 cm³/mol. The lowest BCUT2D eigenvalue weighted by molar-refractivity contribution is -0.139. The normalized spacial score (nSPS) is 15.2. The van der Waals surface area contributed by atoms with E-state index in [2.05, 4.69) is 4.99 Å². The van der Waals surface area contributed by atoms with Crippen molar-refractivity contribution >= 4 is 41.0 Å². The largest absolute Gasteiger partial charge is 0.490 e. The van der Waals surface area contributed by atoms with Crippen LogP contribution in [0.15, 0.2) is 63.5 Å². The number of esters is 2. The first-order valence-corrected chi connectivity index (χ1v) is 12.8. The van der Waals surface area contributed by atoms with Gasteiger partial charge in [0.25, 0.3) is 5.56 Å². The highest BCUT2D eigenvalue weighted by atomic mass is 35.5. The Balaban J connectivity index is 1.91. The van der Waals surface area contributed by atoms with Gasteiger partial charge in [0.15, 0.2) is 16.3 Å². The number of benzene rings is 2. The lowest BCUT2D eigenvalue weighted by atomic mass is 9.96. The maximum absolute atomic E-state index is 13.7. The van der Waals surface area contributed by atoms with Crippen molar-refractivity contribution in [1.29, 1.82) is 0 Å². The van der Waals surface area contributed by atoms with Crippen LogP contribution in [0.4, 0.5) is 0 Å². The molecule has 2 heterocycles. The van der Waals surface area contributed by atoms with E-state index >= 15 is 0 Å². The van der Waals surface area contributed by atoms with Gasteiger partial charge in [-0.1, -0.05) is 47.2 Å². The van der Waals surface area contributed by atoms with Crippen LogP contribution in [-0.4, -0.2) is 29.7 Å². The van der Waals surface area contributed by atoms with E-state index in [1.54, 1.807) is 62.4 Å². The molecular weight excluding hydrogens is 516 g/mol. The highest BCUT2D eigenvalue weighted by Crippen LogP contribution is 2.34. The van der Waals surface area contributed by atoms with Gasteiger partial charge in [0, 0.05) is 11.9 Å². The van der Waals surface area contributed by atoms with Crippen molar-refractivity contribution in [1.82, 2.24) is 4.57 Å². The summed E-state index contributed by atoms with van der Waals surface area (Å²) in [7, 11) is 0. The van der Waals surface area contributed by atoms with Gasteiger partial charge in [-0.15, -0.1) is 0 Å². The standard InChI is InChI=1S/C27H25ClN2O6S/c1-5-34-20-12-11-17(13-21(20)36-16(4)31)14-22-25(32)30-24(18-9-7-8-10-19(18)28)23(26(33)35-6-2)15(3)29-27(30)37-22/h7-14,24H,5-6H2,1-4H3/b22-14+/t24-/m0/s1. The van der Waals surface area contributed by atoms with Crippen molar-refractivity contribution in [2.45, 2.75) is 33.7 Å². The van der Waals surface area contributed by atoms with Gasteiger partial charge in [0.1, 0.15) is 6.04 Å². The number of hydrogen-bond acceptors (Lipinski definition) is 8. The highest BCUT2D eigenvalue weighted by molar-refractivity contribution is 7.07. The Bertz CT molecular complexity index is 1590. The van der Waals surface area contributed by atoms with E-state index < -0.39 is 18.0 Å². The third kappa shape index (κ3) is 5.38. The number of carbonyl (C=O) groups is 2. The van der Waals surface area contributed by atoms with Crippen LogP contribution in [-0.2, 0) is 14.3 Å². The fourth-order valence-corrected chi connectivity index (χ4v) is 5.34. The van der Waals surface area contributed by atoms with Crippen molar-refractivity contribution in [3.63, 3.8) is 0 Å². The van der Waals surface area contributed by atoms with E-state index in [1.165, 1.54) is 22.8 Å². The van der Waals surface area contributed by atoms with Crippen LogP contribution in [0.5, 0.6) is 11.5 Å². The van der Waals surface area contributed by atoms with Crippen molar-refractivity contribution in [3.05, 3.63) is 89.6 Å². The number of aromatic nitrogens is 1. The topological polar surface area (TPSA) is 96.2 Å². The fourth-order valence-electron chi connectivity index (χ4n) is 4.06. The molecule has 0 spiro atoms. The number of allylic oxidation sites excluding steroid dienone is 1. The molecule has 10 heteroatoms. The summed E-state index contributed by atoms with van der Waals surface area (Å²) >= 11 is 7.71. The molecule has 0 amide bonds. The second kappa shape index (κ2) is 11.1. The molecule has 3 aromatic rings. The minimum Gasteiger partial charge on any atom is -0.490 e. The van der Waals surface area contributed by atoms with Crippen LogP contribution in [0, 0.1) is 0 Å². The number of halogens is 1. The number of hydrogen-bond donors (Lipinski definition) is 0. The number of fused-ring (bicyclic) bond motifs is 1. The van der Waals surface area contributed by atoms with E-state index in [0.717, 1.165) is 0 Å². The summed E-state index contributed by atoms with van der Waals surface area (Å²) in [6.07, 6.45) is 1.68. The summed E-state index contributed by atoms with van der Waals surface area (Å²) in [6.45, 7) is 7.14. The van der Waals surface area contributed by atoms with E-state index in [1.807, 2.05) is 6.92 Å². The Kier molecular flexibility index (Phi) is 7.94. The number of thiazole rings is 1. The third-order valence-corrected chi connectivity index (χ3v) is 6.86. The molecule has 192 valence electrons. The molecule has 1 aliphatic heterocycles. The molecule has 0 radical (unpaired) electrons. The van der Waals surface area contributed by atoms with Crippen LogP contribution >= 0.6 is 22.9 Å². The molecule has 1 aromatic heterocycles. The van der Waals surface area contributed by atoms with Crippen molar-refractivity contribution < 1.29 is 23.8 Å². The van der Waals surface area contributed by atoms with Gasteiger partial charge in [0.2, 0.25) is 0 Å². The third-order valence-electron chi connectivity index (χ3n) is 5.54. The van der Waals surface area contributed by atoms with E-state index in [-0.39, 0.29) is 23.5 Å². The average Bonchev–Trinajstić information content (AvgIpc) is 3.14. The molecule has 0 saturated heterocycles. The first kappa shape index (κ1) is 26.4. The SMILES string of the molecule is CCOC(=O)C1=C(C)N=c2s/c(=C/c3ccc(OCC)c(OC(C)=O)c3)c(=O)n2[C@H]1c1ccccc1Cl. The molecule has 8 nitrogen and oxygen atoms in total. The zero-order chi connectivity index (χ0) is 26.7. The zero-order valence-electron chi connectivity index (χ0n) is 20.7. The van der Waals surface area contributed by atoms with Gasteiger partial charge in [0.05, 0.1) is 29.0 Å². The molecule has 4 rings (SSSR count). The zero-order valence-corrected chi connectivity index (χ0v) is 22.3. The first-order chi connectivity index (χ1) is 17.7. The molecular formula is C27H25ClN2O6S. The molecule has 0 unspecified atom stereocenters. The van der Waals surface area contributed by atoms with E-state index in [0.29, 0.717) is 43.5 Å². The molecule has 0 aliphatic carbocycles. The fraction of sp³-hybridized carbons (Fsp3) is 0.259. The number of carbonyl (C=O) groups excluding carboxylic acids is 2. The van der Waals surface area contributed by atoms with Crippen LogP contribution < -0.4 is 24.4 Å². The molecule has 0 saturated carbocycles. The molecule has 0 N–H and O–H groups in total. The van der Waals surface area contributed by atoms with Gasteiger partial charge in [-0.05, 0) is 56.2 Å². The number of rotatable bonds is 7. The smallest absolute Gasteiger partial charge is 0.338 e. The first-order valence-electron chi connectivity index (χ1n) is 11.6.